The third-order valence-corrected chi connectivity index (χ3v) is 5.29. The molecule has 0 radical (unpaired) electrons. The molecule has 2 aliphatic rings. The van der Waals surface area contributed by atoms with Crippen LogP contribution in [-0.2, 0) is 9.53 Å². The van der Waals surface area contributed by atoms with Gasteiger partial charge in [0.25, 0.3) is 5.91 Å². The summed E-state index contributed by atoms with van der Waals surface area (Å²) in [6, 6.07) is 7.86. The Bertz CT molecular complexity index is 1020. The molecule has 1 spiro atoms. The zero-order valence-electron chi connectivity index (χ0n) is 14.8. The van der Waals surface area contributed by atoms with Crippen LogP contribution < -0.4 is 10.2 Å². The molecule has 4 heterocycles. The van der Waals surface area contributed by atoms with E-state index in [4.69, 9.17) is 9.15 Å². The number of aromatic nitrogens is 2. The van der Waals surface area contributed by atoms with Gasteiger partial charge in [-0.15, -0.1) is 0 Å². The summed E-state index contributed by atoms with van der Waals surface area (Å²) in [5.74, 6) is 0.762. The third kappa shape index (κ3) is 2.20. The highest BCUT2D eigenvalue weighted by Crippen LogP contribution is 2.38. The highest BCUT2D eigenvalue weighted by molar-refractivity contribution is 6.05. The fourth-order valence-electron chi connectivity index (χ4n) is 4.09. The van der Waals surface area contributed by atoms with E-state index in [1.807, 2.05) is 38.1 Å². The number of furan rings is 1. The highest BCUT2D eigenvalue weighted by atomic mass is 16.6. The number of carbonyl (C=O) groups excluding carboxylic acids is 1. The van der Waals surface area contributed by atoms with Crippen molar-refractivity contribution < 1.29 is 13.9 Å². The predicted octanol–water partition coefficient (Wildman–Crippen LogP) is 2.60. The third-order valence-electron chi connectivity index (χ3n) is 5.29. The zero-order valence-corrected chi connectivity index (χ0v) is 14.8. The minimum atomic E-state index is -0.736. The molecule has 7 nitrogen and oxygen atoms in total. The van der Waals surface area contributed by atoms with Gasteiger partial charge in [0, 0.05) is 31.3 Å². The summed E-state index contributed by atoms with van der Waals surface area (Å²) in [7, 11) is 0. The average molecular weight is 352 g/mol. The normalized spacial score (nSPS) is 21.6. The summed E-state index contributed by atoms with van der Waals surface area (Å²) in [6.45, 7) is 5.11. The average Bonchev–Trinajstić information content (AvgIpc) is 3.10. The van der Waals surface area contributed by atoms with Crippen LogP contribution in [0.3, 0.4) is 0 Å². The number of fused-ring (bicyclic) bond motifs is 3. The molecule has 1 aromatic carbocycles. The van der Waals surface area contributed by atoms with Gasteiger partial charge in [0.05, 0.1) is 0 Å². The number of hydrogen-bond acceptors (Lipinski definition) is 6. The van der Waals surface area contributed by atoms with E-state index in [2.05, 4.69) is 20.2 Å². The Morgan fingerprint density at radius 2 is 1.92 bits per heavy atom. The first-order valence-corrected chi connectivity index (χ1v) is 8.87. The number of ether oxygens (including phenoxy) is 1. The van der Waals surface area contributed by atoms with Crippen LogP contribution >= 0.6 is 0 Å². The molecular weight excluding hydrogens is 332 g/mol. The van der Waals surface area contributed by atoms with Gasteiger partial charge >= 0.3 is 0 Å². The van der Waals surface area contributed by atoms with Crippen LogP contribution in [0.2, 0.25) is 0 Å². The molecule has 7 heteroatoms. The maximum atomic E-state index is 12.4. The number of nitrogens with zero attached hydrogens (tertiary/aromatic N) is 3. The number of rotatable bonds is 1. The Morgan fingerprint density at radius 1 is 1.15 bits per heavy atom. The molecule has 5 rings (SSSR count). The maximum Gasteiger partial charge on any atom is 0.254 e. The van der Waals surface area contributed by atoms with Gasteiger partial charge in [0.2, 0.25) is 0 Å². The number of anilines is 1. The molecule has 2 fully saturated rings. The first kappa shape index (κ1) is 15.6. The highest BCUT2D eigenvalue weighted by Gasteiger charge is 2.52. The summed E-state index contributed by atoms with van der Waals surface area (Å²) >= 11 is 0. The lowest BCUT2D eigenvalue weighted by atomic mass is 9.91. The van der Waals surface area contributed by atoms with E-state index in [-0.39, 0.29) is 5.91 Å². The lowest BCUT2D eigenvalue weighted by molar-refractivity contribution is -0.141. The standard InChI is InChI=1S/C19H20N4O3/c1-18(2)22-17(24)19(26-18)7-9-23(10-8-19)16-15-14(20-11-21-16)12-5-3-4-6-13(12)25-15/h3-6,11H,7-10H2,1-2H3,(H,22,24). The largest absolute Gasteiger partial charge is 0.450 e. The lowest BCUT2D eigenvalue weighted by Crippen LogP contribution is -2.49. The maximum absolute atomic E-state index is 12.4. The summed E-state index contributed by atoms with van der Waals surface area (Å²) in [4.78, 5) is 23.5. The predicted molar refractivity (Wildman–Crippen MR) is 96.8 cm³/mol. The van der Waals surface area contributed by atoms with Crippen LogP contribution in [0.4, 0.5) is 5.82 Å². The van der Waals surface area contributed by atoms with Crippen LogP contribution in [-0.4, -0.2) is 40.3 Å². The van der Waals surface area contributed by atoms with Crippen molar-refractivity contribution in [2.45, 2.75) is 38.0 Å². The van der Waals surface area contributed by atoms with Crippen molar-refractivity contribution >= 4 is 33.8 Å². The van der Waals surface area contributed by atoms with E-state index >= 15 is 0 Å². The van der Waals surface area contributed by atoms with Crippen LogP contribution in [0, 0.1) is 0 Å². The number of carbonyl (C=O) groups is 1. The molecule has 134 valence electrons. The van der Waals surface area contributed by atoms with Crippen molar-refractivity contribution in [2.75, 3.05) is 18.0 Å². The summed E-state index contributed by atoms with van der Waals surface area (Å²) in [5, 5.41) is 3.92. The molecule has 1 N–H and O–H groups in total. The van der Waals surface area contributed by atoms with Gasteiger partial charge in [-0.2, -0.15) is 0 Å². The van der Waals surface area contributed by atoms with Gasteiger partial charge in [-0.05, 0) is 26.0 Å². The van der Waals surface area contributed by atoms with E-state index in [0.717, 1.165) is 22.3 Å². The smallest absolute Gasteiger partial charge is 0.254 e. The van der Waals surface area contributed by atoms with Crippen molar-refractivity contribution in [3.05, 3.63) is 30.6 Å². The van der Waals surface area contributed by atoms with Crippen LogP contribution in [0.25, 0.3) is 22.1 Å². The summed E-state index contributed by atoms with van der Waals surface area (Å²) in [5.41, 5.74) is 0.974. The van der Waals surface area contributed by atoms with Crippen LogP contribution in [0.15, 0.2) is 35.0 Å². The van der Waals surface area contributed by atoms with Crippen molar-refractivity contribution in [3.63, 3.8) is 0 Å². The Kier molecular flexibility index (Phi) is 3.10. The fraction of sp³-hybridized carbons (Fsp3) is 0.421. The second-order valence-electron chi connectivity index (χ2n) is 7.52. The molecule has 2 saturated heterocycles. The number of hydrogen-bond donors (Lipinski definition) is 1. The molecule has 2 aromatic heterocycles. The Hall–Kier alpha value is -2.67. The second-order valence-corrected chi connectivity index (χ2v) is 7.52. The minimum absolute atomic E-state index is 0.0151. The van der Waals surface area contributed by atoms with E-state index in [0.29, 0.717) is 31.5 Å². The molecule has 1 amide bonds. The molecule has 0 saturated carbocycles. The van der Waals surface area contributed by atoms with Crippen LogP contribution in [0.5, 0.6) is 0 Å². The summed E-state index contributed by atoms with van der Waals surface area (Å²) in [6.07, 6.45) is 2.81. The first-order chi connectivity index (χ1) is 12.5. The number of amides is 1. The topological polar surface area (TPSA) is 80.5 Å². The second kappa shape index (κ2) is 5.17. The number of piperidine rings is 1. The molecule has 0 bridgehead atoms. The van der Waals surface area contributed by atoms with E-state index in [9.17, 15) is 4.79 Å². The van der Waals surface area contributed by atoms with Gasteiger partial charge in [0.15, 0.2) is 17.0 Å². The lowest BCUT2D eigenvalue weighted by Gasteiger charge is -2.37. The van der Waals surface area contributed by atoms with E-state index < -0.39 is 11.3 Å². The quantitative estimate of drug-likeness (QED) is 0.725. The van der Waals surface area contributed by atoms with Crippen molar-refractivity contribution in [1.82, 2.24) is 15.3 Å². The van der Waals surface area contributed by atoms with Crippen molar-refractivity contribution in [2.24, 2.45) is 0 Å². The van der Waals surface area contributed by atoms with Gasteiger partial charge in [-0.25, -0.2) is 9.97 Å². The molecule has 0 aliphatic carbocycles. The van der Waals surface area contributed by atoms with Gasteiger partial charge in [-0.3, -0.25) is 4.79 Å². The van der Waals surface area contributed by atoms with Crippen molar-refractivity contribution in [1.29, 1.82) is 0 Å². The van der Waals surface area contributed by atoms with Gasteiger partial charge in [-0.1, -0.05) is 12.1 Å². The molecule has 3 aromatic rings. The van der Waals surface area contributed by atoms with Gasteiger partial charge < -0.3 is 19.4 Å². The number of para-hydroxylation sites is 1. The minimum Gasteiger partial charge on any atom is -0.450 e. The molecule has 0 unspecified atom stereocenters. The Morgan fingerprint density at radius 3 is 2.65 bits per heavy atom. The Balaban J connectivity index is 1.48. The monoisotopic (exact) mass is 352 g/mol. The SMILES string of the molecule is CC1(C)NC(=O)C2(CCN(c3ncnc4c3oc3ccccc34)CC2)O1. The first-order valence-electron chi connectivity index (χ1n) is 8.87. The summed E-state index contributed by atoms with van der Waals surface area (Å²) < 4.78 is 12.1. The zero-order chi connectivity index (χ0) is 17.9. The fourth-order valence-corrected chi connectivity index (χ4v) is 4.09. The molecule has 26 heavy (non-hydrogen) atoms. The van der Waals surface area contributed by atoms with Crippen molar-refractivity contribution in [3.8, 4) is 0 Å². The Labute approximate surface area is 150 Å². The molecule has 2 aliphatic heterocycles. The number of benzene rings is 1. The molecular formula is C19H20N4O3. The number of nitrogens with one attached hydrogen (secondary N) is 1. The van der Waals surface area contributed by atoms with E-state index in [1.54, 1.807) is 6.33 Å². The molecule has 0 atom stereocenters. The van der Waals surface area contributed by atoms with Gasteiger partial charge in [0.1, 0.15) is 23.2 Å². The van der Waals surface area contributed by atoms with E-state index in [1.165, 1.54) is 0 Å². The van der Waals surface area contributed by atoms with Crippen LogP contribution in [0.1, 0.15) is 26.7 Å².